The summed E-state index contributed by atoms with van der Waals surface area (Å²) >= 11 is 0. The first-order valence-electron chi connectivity index (χ1n) is 6.38. The van der Waals surface area contributed by atoms with E-state index in [1.165, 1.54) is 4.31 Å². The number of piperidine rings is 1. The standard InChI is InChI=1S/C12H21N3O3S/c1-3-5-11(13)12(16)14-10-6-8-15(9-7-10)19(17,18)4-2/h1,10-11H,4-9,13H2,2H3,(H,14,16). The minimum atomic E-state index is -3.13. The first kappa shape index (κ1) is 16.0. The molecule has 1 amide bonds. The van der Waals surface area contributed by atoms with E-state index in [1.807, 2.05) is 0 Å². The molecule has 0 spiro atoms. The Morgan fingerprint density at radius 3 is 2.58 bits per heavy atom. The van der Waals surface area contributed by atoms with Crippen molar-refractivity contribution in [2.24, 2.45) is 5.73 Å². The van der Waals surface area contributed by atoms with Crippen LogP contribution < -0.4 is 11.1 Å². The van der Waals surface area contributed by atoms with Crippen molar-refractivity contribution in [2.45, 2.75) is 38.3 Å². The van der Waals surface area contributed by atoms with Gasteiger partial charge in [0.2, 0.25) is 15.9 Å². The Hall–Kier alpha value is -1.10. The number of terminal acetylenes is 1. The van der Waals surface area contributed by atoms with Gasteiger partial charge < -0.3 is 11.1 Å². The first-order chi connectivity index (χ1) is 8.90. The Labute approximate surface area is 114 Å². The van der Waals surface area contributed by atoms with Crippen LogP contribution in [-0.4, -0.2) is 49.6 Å². The molecule has 0 aliphatic carbocycles. The fourth-order valence-corrected chi connectivity index (χ4v) is 3.12. The third kappa shape index (κ3) is 4.49. The molecule has 0 radical (unpaired) electrons. The van der Waals surface area contributed by atoms with Gasteiger partial charge in [-0.2, -0.15) is 0 Å². The van der Waals surface area contributed by atoms with Crippen LogP contribution in [0.4, 0.5) is 0 Å². The van der Waals surface area contributed by atoms with E-state index in [4.69, 9.17) is 12.2 Å². The molecule has 0 saturated carbocycles. The average molecular weight is 287 g/mol. The highest BCUT2D eigenvalue weighted by Crippen LogP contribution is 2.14. The predicted octanol–water partition coefficient (Wildman–Crippen LogP) is -0.733. The van der Waals surface area contributed by atoms with Crippen molar-refractivity contribution in [1.29, 1.82) is 0 Å². The van der Waals surface area contributed by atoms with Gasteiger partial charge in [0.05, 0.1) is 11.8 Å². The summed E-state index contributed by atoms with van der Waals surface area (Å²) in [6.45, 7) is 2.50. The lowest BCUT2D eigenvalue weighted by Crippen LogP contribution is -2.50. The zero-order chi connectivity index (χ0) is 14.5. The molecular weight excluding hydrogens is 266 g/mol. The number of nitrogens with two attached hydrogens (primary N) is 1. The van der Waals surface area contributed by atoms with Gasteiger partial charge in [-0.3, -0.25) is 4.79 Å². The molecule has 1 atom stereocenters. The zero-order valence-electron chi connectivity index (χ0n) is 11.1. The average Bonchev–Trinajstić information content (AvgIpc) is 2.39. The van der Waals surface area contributed by atoms with Crippen LogP contribution in [0.3, 0.4) is 0 Å². The van der Waals surface area contributed by atoms with E-state index in [1.54, 1.807) is 6.92 Å². The fraction of sp³-hybridized carbons (Fsp3) is 0.750. The van der Waals surface area contributed by atoms with E-state index in [2.05, 4.69) is 11.2 Å². The smallest absolute Gasteiger partial charge is 0.238 e. The molecule has 3 N–H and O–H groups in total. The molecule has 0 bridgehead atoms. The molecule has 1 heterocycles. The van der Waals surface area contributed by atoms with Gasteiger partial charge in [-0.05, 0) is 19.8 Å². The maximum absolute atomic E-state index is 11.7. The number of sulfonamides is 1. The van der Waals surface area contributed by atoms with Crippen LogP contribution in [0.5, 0.6) is 0 Å². The number of carbonyl (C=O) groups is 1. The maximum atomic E-state index is 11.7. The Bertz CT molecular complexity index is 447. The number of hydrogen-bond acceptors (Lipinski definition) is 4. The second kappa shape index (κ2) is 6.89. The van der Waals surface area contributed by atoms with E-state index in [9.17, 15) is 13.2 Å². The van der Waals surface area contributed by atoms with Crippen molar-refractivity contribution in [3.8, 4) is 12.3 Å². The van der Waals surface area contributed by atoms with E-state index >= 15 is 0 Å². The van der Waals surface area contributed by atoms with Crippen molar-refractivity contribution >= 4 is 15.9 Å². The molecule has 0 aromatic heterocycles. The quantitative estimate of drug-likeness (QED) is 0.652. The third-order valence-electron chi connectivity index (χ3n) is 3.23. The van der Waals surface area contributed by atoms with Gasteiger partial charge in [0, 0.05) is 25.6 Å². The fourth-order valence-electron chi connectivity index (χ4n) is 1.99. The van der Waals surface area contributed by atoms with Crippen LogP contribution in [0.25, 0.3) is 0 Å². The number of carbonyl (C=O) groups excluding carboxylic acids is 1. The lowest BCUT2D eigenvalue weighted by atomic mass is 10.1. The second-order valence-corrected chi connectivity index (χ2v) is 6.85. The van der Waals surface area contributed by atoms with Crippen molar-refractivity contribution in [3.63, 3.8) is 0 Å². The molecule has 6 nitrogen and oxygen atoms in total. The van der Waals surface area contributed by atoms with Gasteiger partial charge in [0.25, 0.3) is 0 Å². The summed E-state index contributed by atoms with van der Waals surface area (Å²) in [5, 5.41) is 2.81. The number of amides is 1. The molecule has 19 heavy (non-hydrogen) atoms. The summed E-state index contributed by atoms with van der Waals surface area (Å²) in [7, 11) is -3.13. The Kier molecular flexibility index (Phi) is 5.79. The molecule has 1 saturated heterocycles. The highest BCUT2D eigenvalue weighted by Gasteiger charge is 2.28. The van der Waals surface area contributed by atoms with Crippen LogP contribution in [0, 0.1) is 12.3 Å². The van der Waals surface area contributed by atoms with Gasteiger partial charge in [-0.1, -0.05) is 0 Å². The van der Waals surface area contributed by atoms with E-state index in [0.29, 0.717) is 25.9 Å². The monoisotopic (exact) mass is 287 g/mol. The Morgan fingerprint density at radius 2 is 2.11 bits per heavy atom. The summed E-state index contributed by atoms with van der Waals surface area (Å²) in [5.41, 5.74) is 5.60. The van der Waals surface area contributed by atoms with Gasteiger partial charge >= 0.3 is 0 Å². The summed E-state index contributed by atoms with van der Waals surface area (Å²) in [4.78, 5) is 11.7. The lowest BCUT2D eigenvalue weighted by molar-refractivity contribution is -0.123. The molecule has 1 fully saturated rings. The molecule has 1 aliphatic heterocycles. The first-order valence-corrected chi connectivity index (χ1v) is 7.99. The van der Waals surface area contributed by atoms with Gasteiger partial charge in [-0.25, -0.2) is 12.7 Å². The second-order valence-electron chi connectivity index (χ2n) is 4.60. The summed E-state index contributed by atoms with van der Waals surface area (Å²) in [6.07, 6.45) is 6.51. The van der Waals surface area contributed by atoms with Crippen molar-refractivity contribution in [2.75, 3.05) is 18.8 Å². The number of rotatable bonds is 5. The third-order valence-corrected chi connectivity index (χ3v) is 5.11. The lowest BCUT2D eigenvalue weighted by Gasteiger charge is -2.31. The SMILES string of the molecule is C#CCC(N)C(=O)NC1CCN(S(=O)(=O)CC)CC1. The van der Waals surface area contributed by atoms with E-state index in [0.717, 1.165) is 0 Å². The topological polar surface area (TPSA) is 92.5 Å². The van der Waals surface area contributed by atoms with Crippen molar-refractivity contribution in [3.05, 3.63) is 0 Å². The Balaban J connectivity index is 2.43. The molecule has 108 valence electrons. The predicted molar refractivity (Wildman–Crippen MR) is 73.6 cm³/mol. The van der Waals surface area contributed by atoms with Crippen LogP contribution >= 0.6 is 0 Å². The summed E-state index contributed by atoms with van der Waals surface area (Å²) < 4.78 is 24.8. The number of nitrogens with one attached hydrogen (secondary N) is 1. The normalized spacial score (nSPS) is 19.6. The summed E-state index contributed by atoms with van der Waals surface area (Å²) in [5.74, 6) is 2.19. The van der Waals surface area contributed by atoms with E-state index in [-0.39, 0.29) is 24.1 Å². The highest BCUT2D eigenvalue weighted by molar-refractivity contribution is 7.89. The van der Waals surface area contributed by atoms with Gasteiger partial charge in [-0.15, -0.1) is 12.3 Å². The minimum Gasteiger partial charge on any atom is -0.352 e. The van der Waals surface area contributed by atoms with Crippen molar-refractivity contribution < 1.29 is 13.2 Å². The zero-order valence-corrected chi connectivity index (χ0v) is 11.9. The molecule has 0 aromatic carbocycles. The van der Waals surface area contributed by atoms with Gasteiger partial charge in [0.1, 0.15) is 0 Å². The number of nitrogens with zero attached hydrogens (tertiary/aromatic N) is 1. The van der Waals surface area contributed by atoms with Gasteiger partial charge in [0.15, 0.2) is 0 Å². The number of hydrogen-bond donors (Lipinski definition) is 2. The van der Waals surface area contributed by atoms with Crippen LogP contribution in [0.15, 0.2) is 0 Å². The van der Waals surface area contributed by atoms with Crippen molar-refractivity contribution in [1.82, 2.24) is 9.62 Å². The molecule has 1 aliphatic rings. The van der Waals surface area contributed by atoms with Crippen LogP contribution in [0.2, 0.25) is 0 Å². The molecule has 7 heteroatoms. The van der Waals surface area contributed by atoms with E-state index < -0.39 is 16.1 Å². The molecule has 1 unspecified atom stereocenters. The highest BCUT2D eigenvalue weighted by atomic mass is 32.2. The molecular formula is C12H21N3O3S. The summed E-state index contributed by atoms with van der Waals surface area (Å²) in [6, 6.07) is -0.720. The van der Waals surface area contributed by atoms with Crippen LogP contribution in [-0.2, 0) is 14.8 Å². The minimum absolute atomic E-state index is 0.0281. The maximum Gasteiger partial charge on any atom is 0.238 e. The molecule has 0 aromatic rings. The Morgan fingerprint density at radius 1 is 1.53 bits per heavy atom. The largest absolute Gasteiger partial charge is 0.352 e. The molecule has 1 rings (SSSR count). The van der Waals surface area contributed by atoms with Crippen LogP contribution in [0.1, 0.15) is 26.2 Å².